The van der Waals surface area contributed by atoms with Gasteiger partial charge in [-0.15, -0.1) is 0 Å². The number of carbonyl (C=O) groups is 2. The second-order valence-corrected chi connectivity index (χ2v) is 5.45. The maximum absolute atomic E-state index is 11.6. The van der Waals surface area contributed by atoms with E-state index < -0.39 is 11.9 Å². The maximum Gasteiger partial charge on any atom is 0.308 e. The smallest absolute Gasteiger partial charge is 0.308 e. The highest BCUT2D eigenvalue weighted by Gasteiger charge is 2.17. The first kappa shape index (κ1) is 15.3. The Kier molecular flexibility index (Phi) is 7.21. The van der Waals surface area contributed by atoms with Crippen LogP contribution < -0.4 is 0 Å². The molecule has 1 unspecified atom stereocenters. The van der Waals surface area contributed by atoms with Crippen molar-refractivity contribution in [1.29, 1.82) is 0 Å². The van der Waals surface area contributed by atoms with E-state index in [-0.39, 0.29) is 12.5 Å². The molecule has 0 aliphatic heterocycles. The summed E-state index contributed by atoms with van der Waals surface area (Å²) in [5.41, 5.74) is 0. The van der Waals surface area contributed by atoms with Crippen LogP contribution in [0.1, 0.15) is 20.8 Å². The fourth-order valence-corrected chi connectivity index (χ4v) is 2.07. The van der Waals surface area contributed by atoms with Crippen LogP contribution in [0.5, 0.6) is 0 Å². The summed E-state index contributed by atoms with van der Waals surface area (Å²) < 4.78 is 0. The summed E-state index contributed by atoms with van der Waals surface area (Å²) in [7, 11) is 1.65. The highest BCUT2D eigenvalue weighted by atomic mass is 32.2. The zero-order valence-corrected chi connectivity index (χ0v) is 11.2. The van der Waals surface area contributed by atoms with Crippen LogP contribution in [-0.2, 0) is 9.59 Å². The average Bonchev–Trinajstić information content (AvgIpc) is 2.16. The molecule has 0 aliphatic rings. The molecule has 0 radical (unpaired) electrons. The van der Waals surface area contributed by atoms with E-state index in [4.69, 9.17) is 5.11 Å². The van der Waals surface area contributed by atoms with Gasteiger partial charge in [0.15, 0.2) is 0 Å². The van der Waals surface area contributed by atoms with Gasteiger partial charge in [-0.05, 0) is 11.7 Å². The fraction of sp³-hybridized carbons (Fsp3) is 0.818. The quantitative estimate of drug-likeness (QED) is 0.741. The molecule has 0 fully saturated rings. The van der Waals surface area contributed by atoms with Crippen molar-refractivity contribution < 1.29 is 14.7 Å². The van der Waals surface area contributed by atoms with Crippen molar-refractivity contribution in [2.45, 2.75) is 20.8 Å². The molecular formula is C11H21NO3S. The summed E-state index contributed by atoms with van der Waals surface area (Å²) >= 11 is 1.59. The molecule has 1 amide bonds. The molecule has 1 N–H and O–H groups in total. The normalized spacial score (nSPS) is 12.6. The van der Waals surface area contributed by atoms with Crippen molar-refractivity contribution in [1.82, 2.24) is 4.90 Å². The average molecular weight is 247 g/mol. The van der Waals surface area contributed by atoms with Gasteiger partial charge in [-0.3, -0.25) is 9.59 Å². The van der Waals surface area contributed by atoms with Crippen molar-refractivity contribution in [2.24, 2.45) is 11.8 Å². The minimum Gasteiger partial charge on any atom is -0.481 e. The highest BCUT2D eigenvalue weighted by molar-refractivity contribution is 7.99. The predicted octanol–water partition coefficient (Wildman–Crippen LogP) is 1.55. The maximum atomic E-state index is 11.6. The van der Waals surface area contributed by atoms with E-state index in [9.17, 15) is 9.59 Å². The summed E-state index contributed by atoms with van der Waals surface area (Å²) in [6.07, 6.45) is 0. The van der Waals surface area contributed by atoms with Crippen molar-refractivity contribution in [3.8, 4) is 0 Å². The Balaban J connectivity index is 3.86. The second-order valence-electron chi connectivity index (χ2n) is 4.42. The van der Waals surface area contributed by atoms with Crippen LogP contribution in [0.4, 0.5) is 0 Å². The monoisotopic (exact) mass is 247 g/mol. The van der Waals surface area contributed by atoms with Crippen LogP contribution in [0, 0.1) is 11.8 Å². The molecule has 0 bridgehead atoms. The zero-order chi connectivity index (χ0) is 12.7. The van der Waals surface area contributed by atoms with Crippen LogP contribution in [0.2, 0.25) is 0 Å². The van der Waals surface area contributed by atoms with Crippen LogP contribution in [0.3, 0.4) is 0 Å². The molecule has 94 valence electrons. The van der Waals surface area contributed by atoms with Gasteiger partial charge in [-0.2, -0.15) is 11.8 Å². The summed E-state index contributed by atoms with van der Waals surface area (Å²) in [6.45, 7) is 6.09. The largest absolute Gasteiger partial charge is 0.481 e. The number of carbonyl (C=O) groups excluding carboxylic acids is 1. The Morgan fingerprint density at radius 3 is 2.31 bits per heavy atom. The Bertz CT molecular complexity index is 243. The number of hydrogen-bond donors (Lipinski definition) is 1. The van der Waals surface area contributed by atoms with Crippen LogP contribution >= 0.6 is 11.8 Å². The van der Waals surface area contributed by atoms with Gasteiger partial charge in [-0.1, -0.05) is 20.8 Å². The van der Waals surface area contributed by atoms with Crippen molar-refractivity contribution in [3.63, 3.8) is 0 Å². The van der Waals surface area contributed by atoms with Gasteiger partial charge in [0.25, 0.3) is 0 Å². The van der Waals surface area contributed by atoms with E-state index in [1.165, 1.54) is 4.90 Å². The van der Waals surface area contributed by atoms with E-state index >= 15 is 0 Å². The van der Waals surface area contributed by atoms with E-state index in [1.807, 2.05) is 0 Å². The van der Waals surface area contributed by atoms with Crippen molar-refractivity contribution in [3.05, 3.63) is 0 Å². The first-order valence-corrected chi connectivity index (χ1v) is 6.54. The molecule has 0 saturated carbocycles. The third-order valence-electron chi connectivity index (χ3n) is 2.07. The lowest BCUT2D eigenvalue weighted by Gasteiger charge is -2.19. The number of aliphatic carboxylic acids is 1. The molecule has 0 aromatic heterocycles. The topological polar surface area (TPSA) is 57.6 Å². The third kappa shape index (κ3) is 6.71. The Morgan fingerprint density at radius 2 is 1.88 bits per heavy atom. The molecule has 0 rings (SSSR count). The molecule has 4 nitrogen and oxygen atoms in total. The van der Waals surface area contributed by atoms with Crippen molar-refractivity contribution in [2.75, 3.05) is 25.1 Å². The standard InChI is InChI=1S/C11H21NO3S/c1-8(2)6-16-7-10(13)12(4)5-9(3)11(14)15/h8-9H,5-7H2,1-4H3,(H,14,15). The van der Waals surface area contributed by atoms with E-state index in [0.717, 1.165) is 5.75 Å². The van der Waals surface area contributed by atoms with Gasteiger partial charge in [0.1, 0.15) is 0 Å². The molecule has 1 atom stereocenters. The molecule has 0 saturated heterocycles. The lowest BCUT2D eigenvalue weighted by atomic mass is 10.2. The van der Waals surface area contributed by atoms with Gasteiger partial charge in [0, 0.05) is 13.6 Å². The minimum absolute atomic E-state index is 0.00116. The molecule has 0 heterocycles. The van der Waals surface area contributed by atoms with Gasteiger partial charge in [0.2, 0.25) is 5.91 Å². The zero-order valence-electron chi connectivity index (χ0n) is 10.4. The third-order valence-corrected chi connectivity index (χ3v) is 3.43. The Morgan fingerprint density at radius 1 is 1.31 bits per heavy atom. The molecule has 0 spiro atoms. The van der Waals surface area contributed by atoms with Gasteiger partial charge < -0.3 is 10.0 Å². The predicted molar refractivity (Wildman–Crippen MR) is 66.6 cm³/mol. The number of hydrogen-bond acceptors (Lipinski definition) is 3. The van der Waals surface area contributed by atoms with E-state index in [2.05, 4.69) is 13.8 Å². The lowest BCUT2D eigenvalue weighted by molar-refractivity contribution is -0.142. The van der Waals surface area contributed by atoms with E-state index in [0.29, 0.717) is 11.7 Å². The SMILES string of the molecule is CC(C)CSCC(=O)N(C)CC(C)C(=O)O. The summed E-state index contributed by atoms with van der Waals surface area (Å²) in [4.78, 5) is 23.7. The number of rotatable bonds is 7. The molecule has 5 heteroatoms. The van der Waals surface area contributed by atoms with Crippen molar-refractivity contribution >= 4 is 23.6 Å². The van der Waals surface area contributed by atoms with Gasteiger partial charge in [-0.25, -0.2) is 0 Å². The lowest BCUT2D eigenvalue weighted by Crippen LogP contribution is -2.34. The number of carboxylic acid groups (broad SMARTS) is 1. The Labute approximate surface area is 101 Å². The fourth-order valence-electron chi connectivity index (χ4n) is 1.08. The molecule has 0 aromatic carbocycles. The molecule has 0 aromatic rings. The number of carboxylic acids is 1. The highest BCUT2D eigenvalue weighted by Crippen LogP contribution is 2.09. The van der Waals surface area contributed by atoms with Crippen LogP contribution in [-0.4, -0.2) is 47.0 Å². The summed E-state index contributed by atoms with van der Waals surface area (Å²) in [6, 6.07) is 0. The summed E-state index contributed by atoms with van der Waals surface area (Å²) in [5, 5.41) is 8.72. The first-order valence-electron chi connectivity index (χ1n) is 5.39. The van der Waals surface area contributed by atoms with E-state index in [1.54, 1.807) is 25.7 Å². The molecular weight excluding hydrogens is 226 g/mol. The van der Waals surface area contributed by atoms with Gasteiger partial charge in [0.05, 0.1) is 11.7 Å². The molecule has 16 heavy (non-hydrogen) atoms. The Hall–Kier alpha value is -0.710. The second kappa shape index (κ2) is 7.54. The van der Waals surface area contributed by atoms with Crippen LogP contribution in [0.15, 0.2) is 0 Å². The summed E-state index contributed by atoms with van der Waals surface area (Å²) in [5.74, 6) is 0.577. The number of nitrogens with zero attached hydrogens (tertiary/aromatic N) is 1. The minimum atomic E-state index is -0.866. The number of thioether (sulfide) groups is 1. The first-order chi connectivity index (χ1) is 7.34. The number of amides is 1. The molecule has 0 aliphatic carbocycles. The van der Waals surface area contributed by atoms with Crippen LogP contribution in [0.25, 0.3) is 0 Å². The van der Waals surface area contributed by atoms with Gasteiger partial charge >= 0.3 is 5.97 Å².